The average molecular weight is 348 g/mol. The van der Waals surface area contributed by atoms with Crippen LogP contribution in [0.4, 0.5) is 23.1 Å². The molecule has 0 aliphatic rings. The van der Waals surface area contributed by atoms with Crippen LogP contribution >= 0.6 is 0 Å². The maximum atomic E-state index is 11.7. The molecule has 0 aliphatic carbocycles. The summed E-state index contributed by atoms with van der Waals surface area (Å²) >= 11 is 0. The van der Waals surface area contributed by atoms with E-state index in [0.29, 0.717) is 17.3 Å². The van der Waals surface area contributed by atoms with Gasteiger partial charge in [0.2, 0.25) is 5.95 Å². The fourth-order valence-corrected chi connectivity index (χ4v) is 2.52. The summed E-state index contributed by atoms with van der Waals surface area (Å²) in [5, 5.41) is 3.23. The smallest absolute Gasteiger partial charge is 0.337 e. The first-order valence-electron chi connectivity index (χ1n) is 8.16. The fourth-order valence-electron chi connectivity index (χ4n) is 2.52. The third-order valence-electron chi connectivity index (χ3n) is 3.84. The molecular formula is C20H20N4O2. The molecule has 132 valence electrons. The molecule has 1 heterocycles. The molecule has 6 heteroatoms. The lowest BCUT2D eigenvalue weighted by molar-refractivity contribution is 0.0601. The first-order chi connectivity index (χ1) is 12.6. The quantitative estimate of drug-likeness (QED) is 0.701. The van der Waals surface area contributed by atoms with E-state index in [1.807, 2.05) is 61.3 Å². The number of ether oxygens (including phenoxy) is 1. The Labute approximate surface area is 152 Å². The van der Waals surface area contributed by atoms with Gasteiger partial charge in [0.1, 0.15) is 5.82 Å². The van der Waals surface area contributed by atoms with Gasteiger partial charge in [-0.1, -0.05) is 24.3 Å². The van der Waals surface area contributed by atoms with Crippen molar-refractivity contribution in [3.63, 3.8) is 0 Å². The molecule has 0 fully saturated rings. The molecule has 1 N–H and O–H groups in total. The van der Waals surface area contributed by atoms with Gasteiger partial charge in [0.05, 0.1) is 12.7 Å². The molecule has 26 heavy (non-hydrogen) atoms. The Morgan fingerprint density at radius 2 is 1.81 bits per heavy atom. The number of esters is 1. The van der Waals surface area contributed by atoms with Gasteiger partial charge in [-0.15, -0.1) is 0 Å². The highest BCUT2D eigenvalue weighted by molar-refractivity contribution is 5.90. The van der Waals surface area contributed by atoms with E-state index in [1.54, 1.807) is 18.2 Å². The molecule has 3 rings (SSSR count). The van der Waals surface area contributed by atoms with Crippen molar-refractivity contribution in [2.75, 3.05) is 24.4 Å². The molecule has 0 atom stereocenters. The van der Waals surface area contributed by atoms with Crippen molar-refractivity contribution >= 4 is 29.1 Å². The fraction of sp³-hybridized carbons (Fsp3) is 0.150. The summed E-state index contributed by atoms with van der Waals surface area (Å²) in [6.45, 7) is 1.92. The van der Waals surface area contributed by atoms with Crippen molar-refractivity contribution in [1.29, 1.82) is 0 Å². The molecule has 0 amide bonds. The standard InChI is InChI=1S/C20H20N4O2/c1-14-12-18(22-16-9-7-8-15(13-16)19(25)26-3)23-20(21-14)24(2)17-10-5-4-6-11-17/h4-13H,1-3H3,(H,21,22,23). The first-order valence-corrected chi connectivity index (χ1v) is 8.16. The van der Waals surface area contributed by atoms with Crippen molar-refractivity contribution in [3.8, 4) is 0 Å². The van der Waals surface area contributed by atoms with Gasteiger partial charge in [0.25, 0.3) is 0 Å². The molecule has 0 spiro atoms. The number of carbonyl (C=O) groups is 1. The van der Waals surface area contributed by atoms with E-state index in [9.17, 15) is 4.79 Å². The second kappa shape index (κ2) is 7.65. The van der Waals surface area contributed by atoms with E-state index in [-0.39, 0.29) is 5.97 Å². The second-order valence-corrected chi connectivity index (χ2v) is 5.79. The molecule has 2 aromatic carbocycles. The van der Waals surface area contributed by atoms with Crippen molar-refractivity contribution in [1.82, 2.24) is 9.97 Å². The number of para-hydroxylation sites is 1. The number of hydrogen-bond acceptors (Lipinski definition) is 6. The maximum Gasteiger partial charge on any atom is 0.337 e. The van der Waals surface area contributed by atoms with Crippen LogP contribution in [0.3, 0.4) is 0 Å². The lowest BCUT2D eigenvalue weighted by atomic mass is 10.2. The minimum atomic E-state index is -0.378. The monoisotopic (exact) mass is 348 g/mol. The number of nitrogens with zero attached hydrogens (tertiary/aromatic N) is 3. The molecule has 1 aromatic heterocycles. The number of nitrogens with one attached hydrogen (secondary N) is 1. The number of anilines is 4. The van der Waals surface area contributed by atoms with E-state index < -0.39 is 0 Å². The number of rotatable bonds is 5. The predicted octanol–water partition coefficient (Wildman–Crippen LogP) is 4.08. The van der Waals surface area contributed by atoms with Crippen LogP contribution in [0.15, 0.2) is 60.7 Å². The lowest BCUT2D eigenvalue weighted by Crippen LogP contribution is -2.14. The summed E-state index contributed by atoms with van der Waals surface area (Å²) in [4.78, 5) is 22.7. The number of benzene rings is 2. The second-order valence-electron chi connectivity index (χ2n) is 5.79. The Kier molecular flexibility index (Phi) is 5.12. The molecule has 0 radical (unpaired) electrons. The lowest BCUT2D eigenvalue weighted by Gasteiger charge is -2.18. The number of hydrogen-bond donors (Lipinski definition) is 1. The van der Waals surface area contributed by atoms with E-state index in [0.717, 1.165) is 17.1 Å². The van der Waals surface area contributed by atoms with Crippen LogP contribution in [-0.4, -0.2) is 30.1 Å². The molecule has 0 saturated carbocycles. The van der Waals surface area contributed by atoms with Crippen molar-refractivity contribution in [2.45, 2.75) is 6.92 Å². The SMILES string of the molecule is COC(=O)c1cccc(Nc2cc(C)nc(N(C)c3ccccc3)n2)c1. The zero-order chi connectivity index (χ0) is 18.5. The summed E-state index contributed by atoms with van der Waals surface area (Å²) in [6, 6.07) is 18.9. The Balaban J connectivity index is 1.88. The van der Waals surface area contributed by atoms with Crippen molar-refractivity contribution < 1.29 is 9.53 Å². The molecule has 0 saturated heterocycles. The largest absolute Gasteiger partial charge is 0.465 e. The van der Waals surface area contributed by atoms with Gasteiger partial charge in [0, 0.05) is 30.2 Å². The van der Waals surface area contributed by atoms with E-state index in [1.165, 1.54) is 7.11 Å². The third-order valence-corrected chi connectivity index (χ3v) is 3.84. The van der Waals surface area contributed by atoms with Crippen LogP contribution in [-0.2, 0) is 4.74 Å². The van der Waals surface area contributed by atoms with Crippen LogP contribution in [0.1, 0.15) is 16.1 Å². The summed E-state index contributed by atoms with van der Waals surface area (Å²) in [5.74, 6) is 0.858. The molecule has 3 aromatic rings. The van der Waals surface area contributed by atoms with Gasteiger partial charge in [-0.05, 0) is 37.3 Å². The van der Waals surface area contributed by atoms with Gasteiger partial charge in [-0.25, -0.2) is 9.78 Å². The highest BCUT2D eigenvalue weighted by atomic mass is 16.5. The topological polar surface area (TPSA) is 67.3 Å². The van der Waals surface area contributed by atoms with Crippen molar-refractivity contribution in [3.05, 3.63) is 71.9 Å². The minimum Gasteiger partial charge on any atom is -0.465 e. The summed E-state index contributed by atoms with van der Waals surface area (Å²) < 4.78 is 4.76. The Morgan fingerprint density at radius 3 is 2.54 bits per heavy atom. The number of methoxy groups -OCH3 is 1. The number of carbonyl (C=O) groups excluding carboxylic acids is 1. The van der Waals surface area contributed by atoms with Crippen LogP contribution in [0.2, 0.25) is 0 Å². The zero-order valence-electron chi connectivity index (χ0n) is 14.9. The Bertz CT molecular complexity index is 913. The van der Waals surface area contributed by atoms with E-state index in [2.05, 4.69) is 15.3 Å². The highest BCUT2D eigenvalue weighted by Crippen LogP contribution is 2.23. The van der Waals surface area contributed by atoms with Crippen LogP contribution in [0.5, 0.6) is 0 Å². The summed E-state index contributed by atoms with van der Waals surface area (Å²) in [6.07, 6.45) is 0. The van der Waals surface area contributed by atoms with E-state index in [4.69, 9.17) is 4.74 Å². The van der Waals surface area contributed by atoms with Gasteiger partial charge in [0.15, 0.2) is 0 Å². The van der Waals surface area contributed by atoms with Crippen LogP contribution < -0.4 is 10.2 Å². The third kappa shape index (κ3) is 3.97. The molecule has 0 aliphatic heterocycles. The predicted molar refractivity (Wildman–Crippen MR) is 102 cm³/mol. The summed E-state index contributed by atoms with van der Waals surface area (Å²) in [5.41, 5.74) is 3.06. The van der Waals surface area contributed by atoms with E-state index >= 15 is 0 Å². The van der Waals surface area contributed by atoms with Gasteiger partial charge >= 0.3 is 5.97 Å². The average Bonchev–Trinajstić information content (AvgIpc) is 2.67. The van der Waals surface area contributed by atoms with Gasteiger partial charge in [-0.2, -0.15) is 4.98 Å². The van der Waals surface area contributed by atoms with Crippen LogP contribution in [0, 0.1) is 6.92 Å². The number of aryl methyl sites for hydroxylation is 1. The highest BCUT2D eigenvalue weighted by Gasteiger charge is 2.10. The maximum absolute atomic E-state index is 11.7. The summed E-state index contributed by atoms with van der Waals surface area (Å²) in [7, 11) is 3.29. The first kappa shape index (κ1) is 17.4. The Morgan fingerprint density at radius 1 is 1.04 bits per heavy atom. The molecule has 0 bridgehead atoms. The number of aromatic nitrogens is 2. The Hall–Kier alpha value is -3.41. The van der Waals surface area contributed by atoms with Gasteiger partial charge in [-0.3, -0.25) is 0 Å². The molecule has 0 unspecified atom stereocenters. The minimum absolute atomic E-state index is 0.378. The van der Waals surface area contributed by atoms with Gasteiger partial charge < -0.3 is 15.0 Å². The molecular weight excluding hydrogens is 328 g/mol. The van der Waals surface area contributed by atoms with Crippen molar-refractivity contribution in [2.24, 2.45) is 0 Å². The van der Waals surface area contributed by atoms with Crippen LogP contribution in [0.25, 0.3) is 0 Å². The zero-order valence-corrected chi connectivity index (χ0v) is 14.9. The molecule has 6 nitrogen and oxygen atoms in total. The normalized spacial score (nSPS) is 10.3.